The predicted octanol–water partition coefficient (Wildman–Crippen LogP) is 2.57. The summed E-state index contributed by atoms with van der Waals surface area (Å²) in [6.07, 6.45) is 0. The topological polar surface area (TPSA) is 71.1 Å². The van der Waals surface area contributed by atoms with Crippen LogP contribution in [0.25, 0.3) is 0 Å². The van der Waals surface area contributed by atoms with Gasteiger partial charge in [0.25, 0.3) is 0 Å². The number of carbonyl (C=O) groups excluding carboxylic acids is 2. The number of hydrogen-bond acceptors (Lipinski definition) is 5. The molecule has 0 radical (unpaired) electrons. The van der Waals surface area contributed by atoms with E-state index in [-0.39, 0.29) is 11.8 Å². The second-order valence-corrected chi connectivity index (χ2v) is 7.65. The third-order valence-electron chi connectivity index (χ3n) is 3.41. The molecule has 114 valence electrons. The molecule has 3 rings (SSSR count). The fourth-order valence-electron chi connectivity index (χ4n) is 2.15. The molecule has 2 amide bonds. The van der Waals surface area contributed by atoms with Crippen LogP contribution in [0.4, 0.5) is 5.69 Å². The lowest BCUT2D eigenvalue weighted by Gasteiger charge is -2.31. The number of carbonyl (C=O) groups is 2. The predicted molar refractivity (Wildman–Crippen MR) is 88.0 cm³/mol. The molecule has 0 saturated heterocycles. The van der Waals surface area contributed by atoms with Crippen molar-refractivity contribution in [2.75, 3.05) is 5.32 Å². The van der Waals surface area contributed by atoms with Crippen LogP contribution in [0.5, 0.6) is 0 Å². The maximum atomic E-state index is 12.5. The summed E-state index contributed by atoms with van der Waals surface area (Å²) in [7, 11) is 0. The van der Waals surface area contributed by atoms with Crippen LogP contribution in [0.15, 0.2) is 34.5 Å². The van der Waals surface area contributed by atoms with Gasteiger partial charge in [-0.3, -0.25) is 9.59 Å². The number of anilines is 1. The summed E-state index contributed by atoms with van der Waals surface area (Å²) in [6, 6.07) is 7.47. The van der Waals surface area contributed by atoms with Crippen LogP contribution in [0.2, 0.25) is 0 Å². The second-order valence-electron chi connectivity index (χ2n) is 5.13. The van der Waals surface area contributed by atoms with E-state index >= 15 is 0 Å². The molecule has 0 spiro atoms. The molecular formula is C15H15N3O2S2. The molecule has 1 aliphatic rings. The quantitative estimate of drug-likeness (QED) is 0.847. The number of fused-ring (bicyclic) bond motifs is 1. The number of thiazole rings is 1. The van der Waals surface area contributed by atoms with Gasteiger partial charge < -0.3 is 10.6 Å². The highest BCUT2D eigenvalue weighted by Crippen LogP contribution is 2.42. The molecule has 2 aromatic rings. The van der Waals surface area contributed by atoms with Crippen molar-refractivity contribution in [2.24, 2.45) is 0 Å². The zero-order valence-corrected chi connectivity index (χ0v) is 13.8. The first-order chi connectivity index (χ1) is 10.5. The molecule has 2 N–H and O–H groups in total. The second kappa shape index (κ2) is 5.73. The van der Waals surface area contributed by atoms with E-state index in [4.69, 9.17) is 0 Å². The summed E-state index contributed by atoms with van der Waals surface area (Å²) in [5.41, 5.74) is 1.55. The molecule has 0 unspecified atom stereocenters. The Morgan fingerprint density at radius 2 is 2.18 bits per heavy atom. The third kappa shape index (κ3) is 2.74. The molecule has 0 bridgehead atoms. The van der Waals surface area contributed by atoms with Gasteiger partial charge in [0.15, 0.2) is 4.75 Å². The van der Waals surface area contributed by atoms with Crippen LogP contribution in [0.1, 0.15) is 17.6 Å². The first-order valence-electron chi connectivity index (χ1n) is 6.78. The van der Waals surface area contributed by atoms with Crippen LogP contribution in [0, 0.1) is 6.92 Å². The van der Waals surface area contributed by atoms with E-state index in [0.29, 0.717) is 6.54 Å². The van der Waals surface area contributed by atoms with E-state index in [0.717, 1.165) is 21.3 Å². The first-order valence-corrected chi connectivity index (χ1v) is 8.47. The molecule has 1 atom stereocenters. The summed E-state index contributed by atoms with van der Waals surface area (Å²) in [6.45, 7) is 3.89. The molecule has 1 aromatic heterocycles. The zero-order chi connectivity index (χ0) is 15.7. The van der Waals surface area contributed by atoms with Gasteiger partial charge in [-0.1, -0.05) is 23.9 Å². The van der Waals surface area contributed by atoms with Gasteiger partial charge in [-0.2, -0.15) is 0 Å². The molecule has 5 nitrogen and oxygen atoms in total. The minimum Gasteiger partial charge on any atom is -0.349 e. The molecule has 1 aromatic carbocycles. The van der Waals surface area contributed by atoms with Crippen molar-refractivity contribution in [3.05, 3.63) is 40.3 Å². The SMILES string of the molecule is Cc1nc(CNC(=O)[C@@]2(C)Sc3ccccc3NC2=O)cs1. The number of thioether (sulfide) groups is 1. The molecule has 0 saturated carbocycles. The Balaban J connectivity index is 1.75. The van der Waals surface area contributed by atoms with Crippen molar-refractivity contribution in [1.29, 1.82) is 0 Å². The average Bonchev–Trinajstić information content (AvgIpc) is 2.91. The number of nitrogens with one attached hydrogen (secondary N) is 2. The number of nitrogens with zero attached hydrogens (tertiary/aromatic N) is 1. The van der Waals surface area contributed by atoms with Crippen molar-refractivity contribution >= 4 is 40.6 Å². The minimum atomic E-state index is -1.18. The van der Waals surface area contributed by atoms with Gasteiger partial charge in [0, 0.05) is 10.3 Å². The molecule has 0 aliphatic carbocycles. The van der Waals surface area contributed by atoms with Crippen molar-refractivity contribution in [3.63, 3.8) is 0 Å². The number of aryl methyl sites for hydroxylation is 1. The van der Waals surface area contributed by atoms with Crippen molar-refractivity contribution in [1.82, 2.24) is 10.3 Å². The van der Waals surface area contributed by atoms with Crippen LogP contribution in [0.3, 0.4) is 0 Å². The standard InChI is InChI=1S/C15H15N3O2S2/c1-9-17-10(8-21-9)7-16-13(19)15(2)14(20)18-11-5-3-4-6-12(11)22-15/h3-6,8H,7H2,1-2H3,(H,16,19)(H,18,20)/t15-/m1/s1. The summed E-state index contributed by atoms with van der Waals surface area (Å²) >= 11 is 2.81. The van der Waals surface area contributed by atoms with Gasteiger partial charge >= 0.3 is 0 Å². The minimum absolute atomic E-state index is 0.303. The summed E-state index contributed by atoms with van der Waals surface area (Å²) in [5, 5.41) is 8.46. The highest BCUT2D eigenvalue weighted by molar-refractivity contribution is 8.02. The number of hydrogen-bond donors (Lipinski definition) is 2. The number of aromatic nitrogens is 1. The molecule has 0 fully saturated rings. The third-order valence-corrected chi connectivity index (χ3v) is 5.59. The van der Waals surface area contributed by atoms with Gasteiger partial charge in [-0.15, -0.1) is 11.3 Å². The lowest BCUT2D eigenvalue weighted by atomic mass is 10.1. The zero-order valence-electron chi connectivity index (χ0n) is 12.2. The van der Waals surface area contributed by atoms with E-state index < -0.39 is 4.75 Å². The van der Waals surface area contributed by atoms with Crippen LogP contribution in [-0.2, 0) is 16.1 Å². The Bertz CT molecular complexity index is 744. The summed E-state index contributed by atoms with van der Waals surface area (Å²) in [4.78, 5) is 30.0. The molecule has 2 heterocycles. The fraction of sp³-hybridized carbons (Fsp3) is 0.267. The number of para-hydroxylation sites is 1. The normalized spacial score (nSPS) is 20.2. The van der Waals surface area contributed by atoms with E-state index in [1.54, 1.807) is 6.92 Å². The highest BCUT2D eigenvalue weighted by atomic mass is 32.2. The monoisotopic (exact) mass is 333 g/mol. The van der Waals surface area contributed by atoms with Crippen LogP contribution < -0.4 is 10.6 Å². The Kier molecular flexibility index (Phi) is 3.92. The molecule has 7 heteroatoms. The number of rotatable bonds is 3. The van der Waals surface area contributed by atoms with Gasteiger partial charge in [0.2, 0.25) is 11.8 Å². The summed E-state index contributed by atoms with van der Waals surface area (Å²) < 4.78 is -1.18. The van der Waals surface area contributed by atoms with Crippen LogP contribution in [-0.4, -0.2) is 21.5 Å². The van der Waals surface area contributed by atoms with E-state index in [1.165, 1.54) is 23.1 Å². The smallest absolute Gasteiger partial charge is 0.250 e. The van der Waals surface area contributed by atoms with Gasteiger partial charge in [0.05, 0.1) is 22.9 Å². The maximum absolute atomic E-state index is 12.5. The Labute approximate surface area is 136 Å². The van der Waals surface area contributed by atoms with E-state index in [9.17, 15) is 9.59 Å². The fourth-order valence-corrected chi connectivity index (χ4v) is 3.88. The van der Waals surface area contributed by atoms with Gasteiger partial charge in [-0.25, -0.2) is 4.98 Å². The Morgan fingerprint density at radius 3 is 2.91 bits per heavy atom. The Morgan fingerprint density at radius 1 is 1.41 bits per heavy atom. The maximum Gasteiger partial charge on any atom is 0.250 e. The van der Waals surface area contributed by atoms with Crippen molar-refractivity contribution in [2.45, 2.75) is 30.0 Å². The number of benzene rings is 1. The van der Waals surface area contributed by atoms with Crippen LogP contribution >= 0.6 is 23.1 Å². The van der Waals surface area contributed by atoms with E-state index in [1.807, 2.05) is 36.6 Å². The van der Waals surface area contributed by atoms with E-state index in [2.05, 4.69) is 15.6 Å². The van der Waals surface area contributed by atoms with Gasteiger partial charge in [0.1, 0.15) is 0 Å². The summed E-state index contributed by atoms with van der Waals surface area (Å²) in [5.74, 6) is -0.613. The average molecular weight is 333 g/mol. The largest absolute Gasteiger partial charge is 0.349 e. The highest BCUT2D eigenvalue weighted by Gasteiger charge is 2.45. The van der Waals surface area contributed by atoms with Crippen molar-refractivity contribution < 1.29 is 9.59 Å². The Hall–Kier alpha value is -1.86. The molecule has 1 aliphatic heterocycles. The number of amides is 2. The molecule has 22 heavy (non-hydrogen) atoms. The first kappa shape index (κ1) is 15.1. The van der Waals surface area contributed by atoms with Gasteiger partial charge in [-0.05, 0) is 26.0 Å². The lowest BCUT2D eigenvalue weighted by Crippen LogP contribution is -2.51. The van der Waals surface area contributed by atoms with Crippen molar-refractivity contribution in [3.8, 4) is 0 Å². The lowest BCUT2D eigenvalue weighted by molar-refractivity contribution is -0.130. The molecular weight excluding hydrogens is 318 g/mol.